The molecule has 0 aliphatic rings. The van der Waals surface area contributed by atoms with Gasteiger partial charge in [0.05, 0.1) is 24.3 Å². The molecule has 5 nitrogen and oxygen atoms in total. The second-order valence-electron chi connectivity index (χ2n) is 2.77. The van der Waals surface area contributed by atoms with E-state index < -0.39 is 0 Å². The Balaban J connectivity index is 2.28. The Bertz CT molecular complexity index is 361. The zero-order valence-corrected chi connectivity index (χ0v) is 7.44. The van der Waals surface area contributed by atoms with E-state index in [2.05, 4.69) is 20.4 Å². The number of nitrogens with one attached hydrogen (secondary N) is 1. The van der Waals surface area contributed by atoms with Crippen LogP contribution in [-0.4, -0.2) is 33.2 Å². The Morgan fingerprint density at radius 3 is 3.15 bits per heavy atom. The second kappa shape index (κ2) is 3.49. The van der Waals surface area contributed by atoms with Crippen LogP contribution in [0.5, 0.6) is 0 Å². The zero-order valence-electron chi connectivity index (χ0n) is 7.44. The number of aromatic nitrogens is 4. The minimum atomic E-state index is 0.661. The number of imidazole rings is 1. The van der Waals surface area contributed by atoms with Crippen molar-refractivity contribution < 1.29 is 0 Å². The molecule has 0 aromatic carbocycles. The minimum absolute atomic E-state index is 0.661. The average molecular weight is 177 g/mol. The Hall–Kier alpha value is -1.49. The molecule has 2 heterocycles. The molecule has 13 heavy (non-hydrogen) atoms. The summed E-state index contributed by atoms with van der Waals surface area (Å²) in [5.41, 5.74) is 1.01. The second-order valence-corrected chi connectivity index (χ2v) is 2.77. The van der Waals surface area contributed by atoms with Crippen molar-refractivity contribution in [2.45, 2.75) is 6.42 Å². The van der Waals surface area contributed by atoms with Gasteiger partial charge in [-0.3, -0.25) is 0 Å². The molecule has 0 radical (unpaired) electrons. The highest BCUT2D eigenvalue weighted by Crippen LogP contribution is 1.99. The van der Waals surface area contributed by atoms with Crippen LogP contribution in [0.15, 0.2) is 18.6 Å². The van der Waals surface area contributed by atoms with E-state index in [0.717, 1.165) is 18.7 Å². The van der Waals surface area contributed by atoms with Gasteiger partial charge >= 0.3 is 0 Å². The Morgan fingerprint density at radius 2 is 2.38 bits per heavy atom. The van der Waals surface area contributed by atoms with E-state index in [1.165, 1.54) is 0 Å². The summed E-state index contributed by atoms with van der Waals surface area (Å²) in [5.74, 6) is 0.661. The Morgan fingerprint density at radius 1 is 1.46 bits per heavy atom. The fraction of sp³-hybridized carbons (Fsp3) is 0.375. The van der Waals surface area contributed by atoms with Crippen LogP contribution in [0.2, 0.25) is 0 Å². The summed E-state index contributed by atoms with van der Waals surface area (Å²) in [6.07, 6.45) is 6.10. The molecular weight excluding hydrogens is 166 g/mol. The van der Waals surface area contributed by atoms with Crippen molar-refractivity contribution in [3.63, 3.8) is 0 Å². The topological polar surface area (TPSA) is 55.1 Å². The minimum Gasteiger partial charge on any atom is -0.319 e. The third kappa shape index (κ3) is 1.65. The predicted octanol–water partition coefficient (Wildman–Crippen LogP) is -0.114. The molecule has 2 rings (SSSR count). The van der Waals surface area contributed by atoms with Crippen molar-refractivity contribution in [3.8, 4) is 0 Å². The number of rotatable bonds is 3. The number of fused-ring (bicyclic) bond motifs is 1. The van der Waals surface area contributed by atoms with E-state index in [-0.39, 0.29) is 0 Å². The maximum atomic E-state index is 4.30. The van der Waals surface area contributed by atoms with Crippen LogP contribution in [0.25, 0.3) is 5.78 Å². The van der Waals surface area contributed by atoms with Crippen LogP contribution >= 0.6 is 0 Å². The van der Waals surface area contributed by atoms with Crippen molar-refractivity contribution in [1.29, 1.82) is 0 Å². The van der Waals surface area contributed by atoms with Gasteiger partial charge in [-0.05, 0) is 7.05 Å². The normalized spacial score (nSPS) is 10.8. The van der Waals surface area contributed by atoms with Gasteiger partial charge in [-0.1, -0.05) is 0 Å². The van der Waals surface area contributed by atoms with Crippen LogP contribution in [0.1, 0.15) is 5.69 Å². The number of likely N-dealkylation sites (N-methyl/N-ethyl adjacent to an activating group) is 1. The van der Waals surface area contributed by atoms with E-state index >= 15 is 0 Å². The molecule has 5 heteroatoms. The molecule has 2 aromatic rings. The highest BCUT2D eigenvalue weighted by atomic mass is 15.3. The summed E-state index contributed by atoms with van der Waals surface area (Å²) in [6, 6.07) is 0. The maximum Gasteiger partial charge on any atom is 0.250 e. The first kappa shape index (κ1) is 8.12. The van der Waals surface area contributed by atoms with Crippen molar-refractivity contribution in [1.82, 2.24) is 24.9 Å². The maximum absolute atomic E-state index is 4.30. The molecule has 0 fully saturated rings. The molecule has 0 saturated heterocycles. The van der Waals surface area contributed by atoms with Gasteiger partial charge in [0.1, 0.15) is 0 Å². The SMILES string of the molecule is CNCCc1cn2nccnc2n1. The highest BCUT2D eigenvalue weighted by molar-refractivity contribution is 5.27. The first-order chi connectivity index (χ1) is 6.40. The van der Waals surface area contributed by atoms with E-state index in [1.807, 2.05) is 13.2 Å². The Kier molecular flexibility index (Phi) is 2.18. The van der Waals surface area contributed by atoms with Crippen molar-refractivity contribution in [3.05, 3.63) is 24.3 Å². The highest BCUT2D eigenvalue weighted by Gasteiger charge is 2.00. The van der Waals surface area contributed by atoms with Crippen molar-refractivity contribution in [2.24, 2.45) is 0 Å². The van der Waals surface area contributed by atoms with Crippen LogP contribution < -0.4 is 5.32 Å². The monoisotopic (exact) mass is 177 g/mol. The smallest absolute Gasteiger partial charge is 0.250 e. The third-order valence-corrected chi connectivity index (χ3v) is 1.80. The number of hydrogen-bond donors (Lipinski definition) is 1. The van der Waals surface area contributed by atoms with Gasteiger partial charge in [-0.25, -0.2) is 14.5 Å². The van der Waals surface area contributed by atoms with E-state index in [4.69, 9.17) is 0 Å². The summed E-state index contributed by atoms with van der Waals surface area (Å²) < 4.78 is 1.69. The molecular formula is C8H11N5. The standard InChI is InChI=1S/C8H11N5/c1-9-3-2-7-6-13-8(12-7)10-4-5-11-13/h4-6,9H,2-3H2,1H3. The zero-order chi connectivity index (χ0) is 9.10. The van der Waals surface area contributed by atoms with Gasteiger partial charge in [-0.2, -0.15) is 5.10 Å². The van der Waals surface area contributed by atoms with Gasteiger partial charge < -0.3 is 5.32 Å². The molecule has 2 aromatic heterocycles. The Labute approximate surface area is 75.8 Å². The first-order valence-corrected chi connectivity index (χ1v) is 4.20. The summed E-state index contributed by atoms with van der Waals surface area (Å²) in [4.78, 5) is 8.38. The molecule has 0 unspecified atom stereocenters. The van der Waals surface area contributed by atoms with Gasteiger partial charge in [0.25, 0.3) is 5.78 Å². The van der Waals surface area contributed by atoms with Crippen LogP contribution in [0.4, 0.5) is 0 Å². The van der Waals surface area contributed by atoms with Gasteiger partial charge in [0, 0.05) is 13.0 Å². The van der Waals surface area contributed by atoms with Crippen molar-refractivity contribution in [2.75, 3.05) is 13.6 Å². The number of nitrogens with zero attached hydrogens (tertiary/aromatic N) is 4. The van der Waals surface area contributed by atoms with Crippen LogP contribution in [0, 0.1) is 0 Å². The summed E-state index contributed by atoms with van der Waals surface area (Å²) in [7, 11) is 1.92. The third-order valence-electron chi connectivity index (χ3n) is 1.80. The lowest BCUT2D eigenvalue weighted by molar-refractivity contribution is 0.779. The molecule has 1 N–H and O–H groups in total. The molecule has 0 amide bonds. The van der Waals surface area contributed by atoms with Gasteiger partial charge in [0.15, 0.2) is 0 Å². The quantitative estimate of drug-likeness (QED) is 0.710. The fourth-order valence-corrected chi connectivity index (χ4v) is 1.16. The molecule has 68 valence electrons. The van der Waals surface area contributed by atoms with Gasteiger partial charge in [0.2, 0.25) is 0 Å². The fourth-order valence-electron chi connectivity index (χ4n) is 1.16. The van der Waals surface area contributed by atoms with E-state index in [0.29, 0.717) is 5.78 Å². The predicted molar refractivity (Wildman–Crippen MR) is 48.4 cm³/mol. The van der Waals surface area contributed by atoms with Crippen LogP contribution in [0.3, 0.4) is 0 Å². The molecule has 0 saturated carbocycles. The lowest BCUT2D eigenvalue weighted by atomic mass is 10.3. The summed E-state index contributed by atoms with van der Waals surface area (Å²) in [6.45, 7) is 0.921. The molecule has 0 bridgehead atoms. The first-order valence-electron chi connectivity index (χ1n) is 4.20. The summed E-state index contributed by atoms with van der Waals surface area (Å²) >= 11 is 0. The molecule has 0 spiro atoms. The lowest BCUT2D eigenvalue weighted by Crippen LogP contribution is -2.10. The summed E-state index contributed by atoms with van der Waals surface area (Å²) in [5, 5.41) is 7.15. The van der Waals surface area contributed by atoms with E-state index in [1.54, 1.807) is 16.9 Å². The lowest BCUT2D eigenvalue weighted by Gasteiger charge is -1.91. The molecule has 0 aliphatic carbocycles. The molecule has 0 aliphatic heterocycles. The van der Waals surface area contributed by atoms with Crippen molar-refractivity contribution >= 4 is 5.78 Å². The van der Waals surface area contributed by atoms with Crippen LogP contribution in [-0.2, 0) is 6.42 Å². The molecule has 0 atom stereocenters. The van der Waals surface area contributed by atoms with Gasteiger partial charge in [-0.15, -0.1) is 0 Å². The number of hydrogen-bond acceptors (Lipinski definition) is 4. The largest absolute Gasteiger partial charge is 0.319 e. The average Bonchev–Trinajstić information content (AvgIpc) is 2.57. The van der Waals surface area contributed by atoms with E-state index in [9.17, 15) is 0 Å².